The number of rotatable bonds is 5. The van der Waals surface area contributed by atoms with Crippen LogP contribution in [0.2, 0.25) is 0 Å². The summed E-state index contributed by atoms with van der Waals surface area (Å²) in [5.74, 6) is 0. The Morgan fingerprint density at radius 3 is 2.20 bits per heavy atom. The summed E-state index contributed by atoms with van der Waals surface area (Å²) in [6.07, 6.45) is -7.54. The average molecular weight is 435 g/mol. The van der Waals surface area contributed by atoms with Crippen LogP contribution in [0.4, 0.5) is 18.9 Å². The molecule has 0 fully saturated rings. The highest BCUT2D eigenvalue weighted by Crippen LogP contribution is 2.33. The van der Waals surface area contributed by atoms with E-state index in [0.717, 1.165) is 34.4 Å². The van der Waals surface area contributed by atoms with Gasteiger partial charge in [0.05, 0.1) is 4.90 Å². The number of aryl methyl sites for hydroxylation is 2. The van der Waals surface area contributed by atoms with Crippen LogP contribution >= 0.6 is 0 Å². The van der Waals surface area contributed by atoms with E-state index in [0.29, 0.717) is 0 Å². The molecule has 0 saturated heterocycles. The number of anilines is 1. The third-order valence-corrected chi connectivity index (χ3v) is 6.02. The highest BCUT2D eigenvalue weighted by Gasteiger charge is 2.39. The van der Waals surface area contributed by atoms with Gasteiger partial charge in [0.25, 0.3) is 10.0 Å². The first-order valence-electron chi connectivity index (χ1n) is 9.02. The van der Waals surface area contributed by atoms with Crippen molar-refractivity contribution < 1.29 is 26.7 Å². The molecule has 0 spiro atoms. The van der Waals surface area contributed by atoms with E-state index in [4.69, 9.17) is 0 Å². The lowest BCUT2D eigenvalue weighted by Gasteiger charge is -2.16. The van der Waals surface area contributed by atoms with Gasteiger partial charge in [-0.05, 0) is 60.4 Å². The van der Waals surface area contributed by atoms with Gasteiger partial charge in [0, 0.05) is 5.69 Å². The summed E-state index contributed by atoms with van der Waals surface area (Å²) in [5.41, 5.74) is 3.48. The average Bonchev–Trinajstić information content (AvgIpc) is 2.67. The molecule has 3 aromatic carbocycles. The second kappa shape index (κ2) is 8.12. The van der Waals surface area contributed by atoms with Crippen LogP contribution in [0.3, 0.4) is 0 Å². The van der Waals surface area contributed by atoms with E-state index < -0.39 is 27.9 Å². The Hall–Kier alpha value is -2.84. The molecule has 1 unspecified atom stereocenters. The Morgan fingerprint density at radius 2 is 1.60 bits per heavy atom. The van der Waals surface area contributed by atoms with Gasteiger partial charge in [-0.3, -0.25) is 4.72 Å². The number of hydrogen-bond acceptors (Lipinski definition) is 3. The summed E-state index contributed by atoms with van der Waals surface area (Å²) < 4.78 is 65.7. The van der Waals surface area contributed by atoms with E-state index >= 15 is 0 Å². The number of aliphatic hydroxyl groups is 1. The topological polar surface area (TPSA) is 66.4 Å². The Morgan fingerprint density at radius 1 is 0.933 bits per heavy atom. The Labute approximate surface area is 173 Å². The van der Waals surface area contributed by atoms with Gasteiger partial charge < -0.3 is 5.11 Å². The number of alkyl halides is 3. The minimum absolute atomic E-state index is 0.0298. The molecule has 0 aliphatic rings. The molecule has 0 aliphatic heterocycles. The molecular weight excluding hydrogens is 415 g/mol. The Balaban J connectivity index is 1.84. The van der Waals surface area contributed by atoms with Crippen molar-refractivity contribution in [1.82, 2.24) is 0 Å². The summed E-state index contributed by atoms with van der Waals surface area (Å²) in [5, 5.41) is 9.37. The third kappa shape index (κ3) is 4.83. The quantitative estimate of drug-likeness (QED) is 0.567. The zero-order chi connectivity index (χ0) is 22.1. The number of halogens is 3. The van der Waals surface area contributed by atoms with Crippen molar-refractivity contribution in [2.75, 3.05) is 4.72 Å². The van der Waals surface area contributed by atoms with Crippen molar-refractivity contribution in [2.45, 2.75) is 31.0 Å². The van der Waals surface area contributed by atoms with Crippen LogP contribution in [0.15, 0.2) is 71.6 Å². The van der Waals surface area contributed by atoms with Crippen molar-refractivity contribution in [3.8, 4) is 11.1 Å². The molecule has 0 saturated carbocycles. The molecule has 1 atom stereocenters. The van der Waals surface area contributed by atoms with Crippen LogP contribution in [0.25, 0.3) is 11.1 Å². The van der Waals surface area contributed by atoms with Gasteiger partial charge in [-0.1, -0.05) is 48.0 Å². The van der Waals surface area contributed by atoms with Gasteiger partial charge >= 0.3 is 6.18 Å². The lowest BCUT2D eigenvalue weighted by Crippen LogP contribution is -2.20. The minimum atomic E-state index is -4.85. The van der Waals surface area contributed by atoms with Gasteiger partial charge in [0.15, 0.2) is 6.10 Å². The number of aliphatic hydroxyl groups excluding tert-OH is 1. The van der Waals surface area contributed by atoms with E-state index in [-0.39, 0.29) is 10.6 Å². The molecule has 0 heterocycles. The second-order valence-electron chi connectivity index (χ2n) is 7.02. The maximum absolute atomic E-state index is 12.7. The lowest BCUT2D eigenvalue weighted by molar-refractivity contribution is -0.206. The molecular formula is C22H20F3NO3S. The van der Waals surface area contributed by atoms with E-state index in [2.05, 4.69) is 4.72 Å². The largest absolute Gasteiger partial charge is 0.418 e. The lowest BCUT2D eigenvalue weighted by atomic mass is 9.99. The number of sulfonamides is 1. The molecule has 158 valence electrons. The number of benzene rings is 3. The number of hydrogen-bond donors (Lipinski definition) is 2. The van der Waals surface area contributed by atoms with Crippen molar-refractivity contribution >= 4 is 15.7 Å². The Kier molecular flexibility index (Phi) is 5.92. The van der Waals surface area contributed by atoms with Crippen molar-refractivity contribution in [3.63, 3.8) is 0 Å². The summed E-state index contributed by atoms with van der Waals surface area (Å²) in [7, 11) is -4.02. The van der Waals surface area contributed by atoms with Gasteiger partial charge in [-0.15, -0.1) is 0 Å². The first-order valence-corrected chi connectivity index (χ1v) is 10.5. The standard InChI is InChI=1S/C22H20F3NO3S/c1-14-6-11-20(15(2)12-14)16-7-9-19(10-8-16)30(28,29)26-18-5-3-4-17(13-18)21(27)22(23,24)25/h3-13,21,26-27H,1-2H3. The van der Waals surface area contributed by atoms with Crippen LogP contribution in [-0.2, 0) is 10.0 Å². The molecule has 3 rings (SSSR count). The van der Waals surface area contributed by atoms with Crippen molar-refractivity contribution in [2.24, 2.45) is 0 Å². The van der Waals surface area contributed by atoms with E-state index in [1.807, 2.05) is 32.0 Å². The zero-order valence-electron chi connectivity index (χ0n) is 16.2. The normalized spacial score (nSPS) is 13.1. The number of nitrogens with one attached hydrogen (secondary N) is 1. The third-order valence-electron chi connectivity index (χ3n) is 4.62. The van der Waals surface area contributed by atoms with Gasteiger partial charge in [0.1, 0.15) is 0 Å². The molecule has 2 N–H and O–H groups in total. The molecule has 3 aromatic rings. The van der Waals surface area contributed by atoms with Gasteiger partial charge in [0.2, 0.25) is 0 Å². The van der Waals surface area contributed by atoms with Crippen LogP contribution in [0.5, 0.6) is 0 Å². The minimum Gasteiger partial charge on any atom is -0.379 e. The van der Waals surface area contributed by atoms with E-state index in [1.54, 1.807) is 12.1 Å². The van der Waals surface area contributed by atoms with Gasteiger partial charge in [-0.2, -0.15) is 13.2 Å². The molecule has 0 aromatic heterocycles. The summed E-state index contributed by atoms with van der Waals surface area (Å²) >= 11 is 0. The van der Waals surface area contributed by atoms with Gasteiger partial charge in [-0.25, -0.2) is 8.42 Å². The predicted octanol–water partition coefficient (Wildman–Crippen LogP) is 5.37. The predicted molar refractivity (Wildman–Crippen MR) is 110 cm³/mol. The fraction of sp³-hybridized carbons (Fsp3) is 0.182. The summed E-state index contributed by atoms with van der Waals surface area (Å²) in [6.45, 7) is 3.96. The first-order chi connectivity index (χ1) is 14.0. The molecule has 30 heavy (non-hydrogen) atoms. The van der Waals surface area contributed by atoms with Crippen molar-refractivity contribution in [1.29, 1.82) is 0 Å². The fourth-order valence-electron chi connectivity index (χ4n) is 3.13. The maximum Gasteiger partial charge on any atom is 0.418 e. The maximum atomic E-state index is 12.7. The van der Waals surface area contributed by atoms with Crippen LogP contribution in [-0.4, -0.2) is 19.7 Å². The molecule has 0 radical (unpaired) electrons. The fourth-order valence-corrected chi connectivity index (χ4v) is 4.18. The molecule has 4 nitrogen and oxygen atoms in total. The van der Waals surface area contributed by atoms with Crippen molar-refractivity contribution in [3.05, 3.63) is 83.4 Å². The van der Waals surface area contributed by atoms with Crippen LogP contribution < -0.4 is 4.72 Å². The second-order valence-corrected chi connectivity index (χ2v) is 8.70. The monoisotopic (exact) mass is 435 g/mol. The molecule has 0 amide bonds. The highest BCUT2D eigenvalue weighted by atomic mass is 32.2. The highest BCUT2D eigenvalue weighted by molar-refractivity contribution is 7.92. The smallest absolute Gasteiger partial charge is 0.379 e. The summed E-state index contributed by atoms with van der Waals surface area (Å²) in [6, 6.07) is 16.8. The van der Waals surface area contributed by atoms with Crippen LogP contribution in [0, 0.1) is 13.8 Å². The van der Waals surface area contributed by atoms with E-state index in [9.17, 15) is 26.7 Å². The summed E-state index contributed by atoms with van der Waals surface area (Å²) in [4.78, 5) is -0.0298. The molecule has 0 bridgehead atoms. The first kappa shape index (κ1) is 21.9. The van der Waals surface area contributed by atoms with Crippen LogP contribution in [0.1, 0.15) is 22.8 Å². The molecule has 8 heteroatoms. The van der Waals surface area contributed by atoms with E-state index in [1.165, 1.54) is 24.3 Å². The Bertz CT molecular complexity index is 1160. The molecule has 0 aliphatic carbocycles. The zero-order valence-corrected chi connectivity index (χ0v) is 17.1. The SMILES string of the molecule is Cc1ccc(-c2ccc(S(=O)(=O)Nc3cccc(C(O)C(F)(F)F)c3)cc2)c(C)c1.